The molecule has 1 amide bonds. The van der Waals surface area contributed by atoms with Crippen molar-refractivity contribution in [2.45, 2.75) is 45.8 Å². The van der Waals surface area contributed by atoms with E-state index >= 15 is 0 Å². The number of thiophene rings is 1. The van der Waals surface area contributed by atoms with Crippen LogP contribution in [0.15, 0.2) is 18.2 Å². The number of hydrogen-bond donors (Lipinski definition) is 3. The van der Waals surface area contributed by atoms with Crippen LogP contribution in [-0.4, -0.2) is 35.4 Å². The molecule has 0 bridgehead atoms. The van der Waals surface area contributed by atoms with Gasteiger partial charge in [0, 0.05) is 11.4 Å². The van der Waals surface area contributed by atoms with E-state index in [9.17, 15) is 9.90 Å². The lowest BCUT2D eigenvalue weighted by Gasteiger charge is -2.13. The first-order valence-corrected chi connectivity index (χ1v) is 11.0. The smallest absolute Gasteiger partial charge is 0.261 e. The summed E-state index contributed by atoms with van der Waals surface area (Å²) in [5, 5.41) is 21.6. The highest BCUT2D eigenvalue weighted by Crippen LogP contribution is 2.71. The fraction of sp³-hybridized carbons (Fsp3) is 0.500. The van der Waals surface area contributed by atoms with Gasteiger partial charge in [0.25, 0.3) is 5.91 Å². The number of halogens is 1. The average molecular weight is 436 g/mol. The molecule has 3 atom stereocenters. The highest BCUT2D eigenvalue weighted by atomic mass is 35.5. The standard InChI is InChI=1S/C22H26ClNO4S/c1-11-18-14(7-15-19(18)22(15,2)3)20(29-11)21(27)24-8-12-4-5-17(16(23)6-12)28-10-13(26)9-25/h4-6,13,15,19,25-26H,7-10H2,1-3H3,(H,24,27)/t13-,15+,19+/m0/s1. The largest absolute Gasteiger partial charge is 0.489 e. The Morgan fingerprint density at radius 3 is 2.90 bits per heavy atom. The van der Waals surface area contributed by atoms with Gasteiger partial charge in [0.15, 0.2) is 0 Å². The van der Waals surface area contributed by atoms with Crippen molar-refractivity contribution >= 4 is 28.8 Å². The van der Waals surface area contributed by atoms with Crippen molar-refractivity contribution in [2.24, 2.45) is 11.3 Å². The summed E-state index contributed by atoms with van der Waals surface area (Å²) in [4.78, 5) is 15.0. The van der Waals surface area contributed by atoms with E-state index in [1.54, 1.807) is 23.5 Å². The lowest BCUT2D eigenvalue weighted by molar-refractivity contribution is 0.0536. The van der Waals surface area contributed by atoms with Gasteiger partial charge >= 0.3 is 0 Å². The molecule has 4 rings (SSSR count). The van der Waals surface area contributed by atoms with Crippen molar-refractivity contribution in [3.63, 3.8) is 0 Å². The summed E-state index contributed by atoms with van der Waals surface area (Å²) < 4.78 is 5.40. The van der Waals surface area contributed by atoms with Gasteiger partial charge in [-0.1, -0.05) is 31.5 Å². The van der Waals surface area contributed by atoms with Crippen LogP contribution >= 0.6 is 22.9 Å². The average Bonchev–Trinajstić information content (AvgIpc) is 3.02. The van der Waals surface area contributed by atoms with Gasteiger partial charge in [0.2, 0.25) is 0 Å². The maximum atomic E-state index is 12.8. The van der Waals surface area contributed by atoms with E-state index in [0.29, 0.717) is 34.6 Å². The number of aryl methyl sites for hydroxylation is 1. The molecule has 0 aliphatic heterocycles. The predicted molar refractivity (Wildman–Crippen MR) is 114 cm³/mol. The molecule has 1 aromatic carbocycles. The van der Waals surface area contributed by atoms with Gasteiger partial charge in [-0.15, -0.1) is 11.3 Å². The number of aliphatic hydroxyl groups excluding tert-OH is 2. The van der Waals surface area contributed by atoms with E-state index in [4.69, 9.17) is 21.4 Å². The molecule has 5 nitrogen and oxygen atoms in total. The number of carbonyl (C=O) groups excluding carboxylic acids is 1. The molecule has 3 N–H and O–H groups in total. The summed E-state index contributed by atoms with van der Waals surface area (Å²) in [6.45, 7) is 6.75. The Labute approximate surface area is 179 Å². The second-order valence-electron chi connectivity index (χ2n) is 8.58. The summed E-state index contributed by atoms with van der Waals surface area (Å²) in [5.74, 6) is 1.71. The van der Waals surface area contributed by atoms with Crippen LogP contribution in [0.1, 0.15) is 51.0 Å². The zero-order valence-corrected chi connectivity index (χ0v) is 18.4. The molecule has 29 heavy (non-hydrogen) atoms. The van der Waals surface area contributed by atoms with Crippen LogP contribution in [0, 0.1) is 18.3 Å². The normalized spacial score (nSPS) is 22.0. The topological polar surface area (TPSA) is 78.8 Å². The molecule has 0 saturated heterocycles. The lowest BCUT2D eigenvalue weighted by atomic mass is 9.95. The van der Waals surface area contributed by atoms with Gasteiger partial charge < -0.3 is 20.3 Å². The highest BCUT2D eigenvalue weighted by molar-refractivity contribution is 7.14. The van der Waals surface area contributed by atoms with E-state index in [-0.39, 0.29) is 19.1 Å². The molecule has 1 heterocycles. The Balaban J connectivity index is 1.39. The molecule has 2 aliphatic rings. The van der Waals surface area contributed by atoms with Crippen molar-refractivity contribution in [1.29, 1.82) is 0 Å². The number of ether oxygens (including phenoxy) is 1. The van der Waals surface area contributed by atoms with E-state index in [1.807, 2.05) is 6.07 Å². The van der Waals surface area contributed by atoms with Crippen molar-refractivity contribution < 1.29 is 19.7 Å². The van der Waals surface area contributed by atoms with Crippen LogP contribution in [0.4, 0.5) is 0 Å². The molecule has 7 heteroatoms. The minimum absolute atomic E-state index is 0.0269. The van der Waals surface area contributed by atoms with Crippen LogP contribution in [-0.2, 0) is 13.0 Å². The van der Waals surface area contributed by atoms with Crippen LogP contribution in [0.2, 0.25) is 5.02 Å². The second kappa shape index (κ2) is 7.58. The second-order valence-corrected chi connectivity index (χ2v) is 10.2. The maximum Gasteiger partial charge on any atom is 0.261 e. The molecule has 1 aromatic heterocycles. The van der Waals surface area contributed by atoms with Crippen LogP contribution in [0.5, 0.6) is 5.75 Å². The monoisotopic (exact) mass is 435 g/mol. The third-order valence-electron chi connectivity index (χ3n) is 6.32. The predicted octanol–water partition coefficient (Wildman–Crippen LogP) is 3.67. The minimum atomic E-state index is -0.947. The number of hydrogen-bond acceptors (Lipinski definition) is 5. The first kappa shape index (κ1) is 20.7. The molecular weight excluding hydrogens is 410 g/mol. The summed E-state index contributed by atoms with van der Waals surface area (Å²) in [7, 11) is 0. The number of carbonyl (C=O) groups is 1. The van der Waals surface area contributed by atoms with Gasteiger partial charge in [0.05, 0.1) is 16.5 Å². The number of nitrogens with one attached hydrogen (secondary N) is 1. The number of aliphatic hydroxyl groups is 2. The molecule has 156 valence electrons. The minimum Gasteiger partial charge on any atom is -0.489 e. The quantitative estimate of drug-likeness (QED) is 0.620. The van der Waals surface area contributed by atoms with E-state index in [0.717, 1.165) is 16.9 Å². The Kier molecular flexibility index (Phi) is 5.40. The number of rotatable bonds is 7. The van der Waals surface area contributed by atoms with E-state index in [2.05, 4.69) is 26.1 Å². The van der Waals surface area contributed by atoms with Gasteiger partial charge in [-0.25, -0.2) is 0 Å². The third kappa shape index (κ3) is 3.67. The Hall–Kier alpha value is -1.60. The SMILES string of the molecule is Cc1sc(C(=O)NCc2ccc(OC[C@@H](O)CO)c(Cl)c2)c2c1[C@H]1[C@@H](C2)C1(C)C. The third-order valence-corrected chi connectivity index (χ3v) is 7.77. The Morgan fingerprint density at radius 2 is 2.21 bits per heavy atom. The summed E-state index contributed by atoms with van der Waals surface area (Å²) >= 11 is 7.84. The molecule has 2 aliphatic carbocycles. The van der Waals surface area contributed by atoms with Gasteiger partial charge in [-0.2, -0.15) is 0 Å². The van der Waals surface area contributed by atoms with Gasteiger partial charge in [0.1, 0.15) is 18.5 Å². The van der Waals surface area contributed by atoms with Crippen molar-refractivity contribution in [3.8, 4) is 5.75 Å². The first-order chi connectivity index (χ1) is 13.7. The Bertz CT molecular complexity index is 955. The summed E-state index contributed by atoms with van der Waals surface area (Å²) in [6.07, 6.45) is 0.0649. The first-order valence-electron chi connectivity index (χ1n) is 9.84. The van der Waals surface area contributed by atoms with Crippen molar-refractivity contribution in [2.75, 3.05) is 13.2 Å². The number of fused-ring (bicyclic) bond motifs is 3. The van der Waals surface area contributed by atoms with Gasteiger partial charge in [-0.3, -0.25) is 4.79 Å². The number of amides is 1. The fourth-order valence-electron chi connectivity index (χ4n) is 4.59. The molecular formula is C22H26ClNO4S. The van der Waals surface area contributed by atoms with E-state index < -0.39 is 6.10 Å². The number of benzene rings is 1. The molecule has 1 saturated carbocycles. The van der Waals surface area contributed by atoms with Gasteiger partial charge in [-0.05, 0) is 59.4 Å². The molecule has 0 unspecified atom stereocenters. The fourth-order valence-corrected chi connectivity index (χ4v) is 5.99. The molecule has 0 spiro atoms. The Morgan fingerprint density at radius 1 is 1.45 bits per heavy atom. The van der Waals surface area contributed by atoms with Crippen LogP contribution in [0.25, 0.3) is 0 Å². The molecule has 2 aromatic rings. The highest BCUT2D eigenvalue weighted by Gasteiger charge is 2.63. The lowest BCUT2D eigenvalue weighted by Crippen LogP contribution is -2.23. The van der Waals surface area contributed by atoms with Crippen molar-refractivity contribution in [1.82, 2.24) is 5.32 Å². The summed E-state index contributed by atoms with van der Waals surface area (Å²) in [5.41, 5.74) is 3.92. The maximum absolute atomic E-state index is 12.8. The zero-order valence-electron chi connectivity index (χ0n) is 16.8. The van der Waals surface area contributed by atoms with Crippen LogP contribution < -0.4 is 10.1 Å². The zero-order chi connectivity index (χ0) is 20.9. The molecule has 0 radical (unpaired) electrons. The molecule has 1 fully saturated rings. The van der Waals surface area contributed by atoms with E-state index in [1.165, 1.54) is 16.0 Å². The van der Waals surface area contributed by atoms with Crippen molar-refractivity contribution in [3.05, 3.63) is 49.7 Å². The van der Waals surface area contributed by atoms with Crippen LogP contribution in [0.3, 0.4) is 0 Å². The summed E-state index contributed by atoms with van der Waals surface area (Å²) in [6, 6.07) is 5.27.